The molecule has 1 aromatic carbocycles. The zero-order valence-electron chi connectivity index (χ0n) is 8.10. The summed E-state index contributed by atoms with van der Waals surface area (Å²) in [5.74, 6) is 0. The van der Waals surface area contributed by atoms with Crippen LogP contribution in [0, 0.1) is 11.3 Å². The Balaban J connectivity index is 2.76. The lowest BCUT2D eigenvalue weighted by Gasteiger charge is -2.15. The molecule has 0 saturated carbocycles. The number of halogens is 1. The molecule has 0 aromatic heterocycles. The molecule has 0 amide bonds. The largest absolute Gasteiger partial charge is 0.389 e. The van der Waals surface area contributed by atoms with Gasteiger partial charge >= 0.3 is 0 Å². The third kappa shape index (κ3) is 3.31. The third-order valence-electron chi connectivity index (χ3n) is 2.13. The smallest absolute Gasteiger partial charge is 0.106 e. The molecule has 0 aliphatic heterocycles. The normalized spacial score (nSPS) is 14.3. The molecule has 2 atom stereocenters. The van der Waals surface area contributed by atoms with Gasteiger partial charge in [0, 0.05) is 5.33 Å². The van der Waals surface area contributed by atoms with E-state index < -0.39 is 12.2 Å². The number of hydrogen-bond acceptors (Lipinski definition) is 3. The van der Waals surface area contributed by atoms with Crippen molar-refractivity contribution in [1.82, 2.24) is 0 Å². The molecule has 80 valence electrons. The van der Waals surface area contributed by atoms with Gasteiger partial charge in [-0.05, 0) is 11.1 Å². The van der Waals surface area contributed by atoms with Crippen LogP contribution in [0.15, 0.2) is 24.3 Å². The van der Waals surface area contributed by atoms with Crippen molar-refractivity contribution in [2.24, 2.45) is 0 Å². The molecule has 1 aromatic rings. The number of aliphatic hydroxyl groups is 2. The van der Waals surface area contributed by atoms with Gasteiger partial charge in [0.2, 0.25) is 0 Å². The third-order valence-corrected chi connectivity index (χ3v) is 2.79. The first-order valence-corrected chi connectivity index (χ1v) is 5.69. The number of aliphatic hydroxyl groups excluding tert-OH is 2. The molecule has 15 heavy (non-hydrogen) atoms. The fourth-order valence-corrected chi connectivity index (χ4v) is 1.58. The SMILES string of the molecule is N#CCc1ccc(C(O)C(O)CBr)cc1. The first-order valence-electron chi connectivity index (χ1n) is 4.57. The molecule has 3 nitrogen and oxygen atoms in total. The number of benzene rings is 1. The van der Waals surface area contributed by atoms with Crippen LogP contribution >= 0.6 is 15.9 Å². The molecular formula is C11H12BrNO2. The molecule has 0 radical (unpaired) electrons. The Morgan fingerprint density at radius 3 is 2.33 bits per heavy atom. The Bertz CT molecular complexity index is 345. The van der Waals surface area contributed by atoms with E-state index in [-0.39, 0.29) is 0 Å². The molecule has 0 saturated heterocycles. The lowest BCUT2D eigenvalue weighted by Crippen LogP contribution is -2.19. The Kier molecular flexibility index (Phi) is 4.76. The quantitative estimate of drug-likeness (QED) is 0.816. The van der Waals surface area contributed by atoms with Gasteiger partial charge in [-0.25, -0.2) is 0 Å². The van der Waals surface area contributed by atoms with E-state index in [9.17, 15) is 10.2 Å². The summed E-state index contributed by atoms with van der Waals surface area (Å²) in [6.45, 7) is 0. The first kappa shape index (κ1) is 12.2. The van der Waals surface area contributed by atoms with Crippen molar-refractivity contribution < 1.29 is 10.2 Å². The molecule has 2 N–H and O–H groups in total. The van der Waals surface area contributed by atoms with E-state index >= 15 is 0 Å². The monoisotopic (exact) mass is 269 g/mol. The van der Waals surface area contributed by atoms with Gasteiger partial charge in [-0.2, -0.15) is 5.26 Å². The maximum atomic E-state index is 9.66. The first-order chi connectivity index (χ1) is 7.19. The highest BCUT2D eigenvalue weighted by Gasteiger charge is 2.16. The summed E-state index contributed by atoms with van der Waals surface area (Å²) >= 11 is 3.10. The van der Waals surface area contributed by atoms with Crippen molar-refractivity contribution in [3.63, 3.8) is 0 Å². The van der Waals surface area contributed by atoms with Gasteiger partial charge in [0.1, 0.15) is 6.10 Å². The number of rotatable bonds is 4. The summed E-state index contributed by atoms with van der Waals surface area (Å²) < 4.78 is 0. The van der Waals surface area contributed by atoms with E-state index in [1.165, 1.54) is 0 Å². The Morgan fingerprint density at radius 2 is 1.87 bits per heavy atom. The minimum absolute atomic E-state index is 0.327. The summed E-state index contributed by atoms with van der Waals surface area (Å²) in [5, 5.41) is 27.9. The van der Waals surface area contributed by atoms with Gasteiger partial charge in [-0.1, -0.05) is 40.2 Å². The van der Waals surface area contributed by atoms with Gasteiger partial charge in [0.15, 0.2) is 0 Å². The molecule has 0 aliphatic rings. The van der Waals surface area contributed by atoms with E-state index in [0.29, 0.717) is 17.3 Å². The van der Waals surface area contributed by atoms with Crippen LogP contribution in [-0.4, -0.2) is 21.6 Å². The molecule has 0 bridgehead atoms. The summed E-state index contributed by atoms with van der Waals surface area (Å²) in [7, 11) is 0. The minimum Gasteiger partial charge on any atom is -0.389 e. The van der Waals surface area contributed by atoms with E-state index in [1.54, 1.807) is 24.3 Å². The highest BCUT2D eigenvalue weighted by atomic mass is 79.9. The fourth-order valence-electron chi connectivity index (χ4n) is 1.23. The average Bonchev–Trinajstić information content (AvgIpc) is 2.28. The van der Waals surface area contributed by atoms with Crippen molar-refractivity contribution in [1.29, 1.82) is 5.26 Å². The number of nitrogens with zero attached hydrogens (tertiary/aromatic N) is 1. The van der Waals surface area contributed by atoms with Gasteiger partial charge in [0.25, 0.3) is 0 Å². The van der Waals surface area contributed by atoms with Crippen molar-refractivity contribution in [2.45, 2.75) is 18.6 Å². The summed E-state index contributed by atoms with van der Waals surface area (Å²) in [6.07, 6.45) is -1.34. The van der Waals surface area contributed by atoms with E-state index in [0.717, 1.165) is 5.56 Å². The number of hydrogen-bond donors (Lipinski definition) is 2. The van der Waals surface area contributed by atoms with Crippen LogP contribution in [0.1, 0.15) is 17.2 Å². The second-order valence-electron chi connectivity index (χ2n) is 3.24. The average molecular weight is 270 g/mol. The molecule has 0 aliphatic carbocycles. The summed E-state index contributed by atoms with van der Waals surface area (Å²) in [6, 6.07) is 9.06. The van der Waals surface area contributed by atoms with Gasteiger partial charge in [0.05, 0.1) is 18.6 Å². The van der Waals surface area contributed by atoms with Gasteiger partial charge < -0.3 is 10.2 Å². The van der Waals surface area contributed by atoms with E-state index in [1.807, 2.05) is 6.07 Å². The fraction of sp³-hybridized carbons (Fsp3) is 0.364. The molecular weight excluding hydrogens is 258 g/mol. The van der Waals surface area contributed by atoms with Crippen molar-refractivity contribution in [3.05, 3.63) is 35.4 Å². The highest BCUT2D eigenvalue weighted by Crippen LogP contribution is 2.18. The molecule has 0 fully saturated rings. The minimum atomic E-state index is -0.888. The lowest BCUT2D eigenvalue weighted by atomic mass is 10.0. The van der Waals surface area contributed by atoms with Gasteiger partial charge in [-0.15, -0.1) is 0 Å². The molecule has 0 spiro atoms. The second-order valence-corrected chi connectivity index (χ2v) is 3.89. The Morgan fingerprint density at radius 1 is 1.27 bits per heavy atom. The predicted octanol–water partition coefficient (Wildman–Crippen LogP) is 1.54. The van der Waals surface area contributed by atoms with Crippen LogP contribution < -0.4 is 0 Å². The highest BCUT2D eigenvalue weighted by molar-refractivity contribution is 9.09. The van der Waals surface area contributed by atoms with Crippen molar-refractivity contribution >= 4 is 15.9 Å². The van der Waals surface area contributed by atoms with Crippen molar-refractivity contribution in [3.8, 4) is 6.07 Å². The Labute approximate surface area is 97.1 Å². The topological polar surface area (TPSA) is 64.2 Å². The van der Waals surface area contributed by atoms with Crippen LogP contribution in [0.25, 0.3) is 0 Å². The zero-order chi connectivity index (χ0) is 11.3. The Hall–Kier alpha value is -0.890. The molecule has 1 rings (SSSR count). The number of nitriles is 1. The molecule has 4 heteroatoms. The summed E-state index contributed by atoms with van der Waals surface area (Å²) in [5.41, 5.74) is 1.56. The molecule has 2 unspecified atom stereocenters. The molecule has 0 heterocycles. The lowest BCUT2D eigenvalue weighted by molar-refractivity contribution is 0.0343. The van der Waals surface area contributed by atoms with E-state index in [2.05, 4.69) is 15.9 Å². The van der Waals surface area contributed by atoms with Crippen LogP contribution in [-0.2, 0) is 6.42 Å². The van der Waals surface area contributed by atoms with Crippen LogP contribution in [0.5, 0.6) is 0 Å². The van der Waals surface area contributed by atoms with Crippen molar-refractivity contribution in [2.75, 3.05) is 5.33 Å². The number of alkyl halides is 1. The van der Waals surface area contributed by atoms with Crippen LogP contribution in [0.2, 0.25) is 0 Å². The maximum Gasteiger partial charge on any atom is 0.106 e. The standard InChI is InChI=1S/C11H12BrNO2/c12-7-10(14)11(15)9-3-1-8(2-4-9)5-6-13/h1-4,10-11,14-15H,5,7H2. The summed E-state index contributed by atoms with van der Waals surface area (Å²) in [4.78, 5) is 0. The van der Waals surface area contributed by atoms with Crippen LogP contribution in [0.4, 0.5) is 0 Å². The predicted molar refractivity (Wildman–Crippen MR) is 60.5 cm³/mol. The zero-order valence-corrected chi connectivity index (χ0v) is 9.68. The maximum absolute atomic E-state index is 9.66. The van der Waals surface area contributed by atoms with Gasteiger partial charge in [-0.3, -0.25) is 0 Å². The second kappa shape index (κ2) is 5.86. The van der Waals surface area contributed by atoms with Crippen LogP contribution in [0.3, 0.4) is 0 Å². The van der Waals surface area contributed by atoms with E-state index in [4.69, 9.17) is 5.26 Å².